The minimum atomic E-state index is -0.842. The Balaban J connectivity index is 2.16. The van der Waals surface area contributed by atoms with E-state index in [-0.39, 0.29) is 18.8 Å². The van der Waals surface area contributed by atoms with E-state index in [2.05, 4.69) is 15.9 Å². The molecular weight excluding hydrogens is 298 g/mol. The van der Waals surface area contributed by atoms with E-state index >= 15 is 0 Å². The fourth-order valence-corrected chi connectivity index (χ4v) is 2.67. The minimum absolute atomic E-state index is 0.0285. The molecule has 1 fully saturated rings. The van der Waals surface area contributed by atoms with Gasteiger partial charge in [-0.3, -0.25) is 4.79 Å². The van der Waals surface area contributed by atoms with E-state index in [9.17, 15) is 4.79 Å². The maximum Gasteiger partial charge on any atom is 0.323 e. The zero-order valence-electron chi connectivity index (χ0n) is 9.76. The van der Waals surface area contributed by atoms with Crippen molar-refractivity contribution in [3.05, 3.63) is 34.4 Å². The van der Waals surface area contributed by atoms with Crippen molar-refractivity contribution >= 4 is 32.8 Å². The predicted octanol–water partition coefficient (Wildman–Crippen LogP) is 2.95. The highest BCUT2D eigenvalue weighted by molar-refractivity contribution is 9.10. The number of hydrogen-bond acceptors (Lipinski definition) is 2. The SMILES string of the molecule is CC1OC1c1cn(CC(=O)O)c2ccc(Br)cc12. The molecule has 1 aliphatic rings. The Morgan fingerprint density at radius 2 is 2.28 bits per heavy atom. The molecule has 0 radical (unpaired) electrons. The Kier molecular flexibility index (Phi) is 2.68. The molecule has 5 heteroatoms. The lowest BCUT2D eigenvalue weighted by atomic mass is 10.1. The zero-order valence-corrected chi connectivity index (χ0v) is 11.3. The van der Waals surface area contributed by atoms with E-state index in [1.165, 1.54) is 0 Å². The Labute approximate surface area is 112 Å². The Morgan fingerprint density at radius 1 is 1.56 bits per heavy atom. The summed E-state index contributed by atoms with van der Waals surface area (Å²) in [6, 6.07) is 5.86. The second-order valence-electron chi connectivity index (χ2n) is 4.53. The number of carbonyl (C=O) groups is 1. The van der Waals surface area contributed by atoms with Crippen molar-refractivity contribution in [2.75, 3.05) is 0 Å². The molecule has 0 amide bonds. The van der Waals surface area contributed by atoms with Crippen LogP contribution in [0.4, 0.5) is 0 Å². The van der Waals surface area contributed by atoms with Crippen molar-refractivity contribution in [2.45, 2.75) is 25.7 Å². The zero-order chi connectivity index (χ0) is 12.9. The summed E-state index contributed by atoms with van der Waals surface area (Å²) in [5.74, 6) is -0.842. The second kappa shape index (κ2) is 4.10. The van der Waals surface area contributed by atoms with Gasteiger partial charge in [0.25, 0.3) is 0 Å². The number of epoxide rings is 1. The van der Waals surface area contributed by atoms with Crippen LogP contribution in [0.1, 0.15) is 18.6 Å². The van der Waals surface area contributed by atoms with Gasteiger partial charge < -0.3 is 14.4 Å². The van der Waals surface area contributed by atoms with Crippen LogP contribution in [0.15, 0.2) is 28.9 Å². The molecule has 94 valence electrons. The minimum Gasteiger partial charge on any atom is -0.480 e. The Morgan fingerprint density at radius 3 is 2.89 bits per heavy atom. The van der Waals surface area contributed by atoms with Crippen molar-refractivity contribution in [2.24, 2.45) is 0 Å². The number of hydrogen-bond donors (Lipinski definition) is 1. The molecule has 1 aromatic heterocycles. The predicted molar refractivity (Wildman–Crippen MR) is 70.6 cm³/mol. The number of aromatic nitrogens is 1. The second-order valence-corrected chi connectivity index (χ2v) is 5.45. The molecule has 1 N–H and O–H groups in total. The highest BCUT2D eigenvalue weighted by atomic mass is 79.9. The van der Waals surface area contributed by atoms with Gasteiger partial charge in [0.1, 0.15) is 12.6 Å². The van der Waals surface area contributed by atoms with E-state index in [0.717, 1.165) is 20.9 Å². The summed E-state index contributed by atoms with van der Waals surface area (Å²) >= 11 is 3.44. The van der Waals surface area contributed by atoms with Crippen molar-refractivity contribution in [3.63, 3.8) is 0 Å². The average molecular weight is 310 g/mol. The summed E-state index contributed by atoms with van der Waals surface area (Å²) in [5.41, 5.74) is 2.00. The first-order valence-electron chi connectivity index (χ1n) is 5.72. The Hall–Kier alpha value is -1.33. The van der Waals surface area contributed by atoms with Gasteiger partial charge in [0.15, 0.2) is 0 Å². The van der Waals surface area contributed by atoms with Crippen LogP contribution in [0.5, 0.6) is 0 Å². The largest absolute Gasteiger partial charge is 0.480 e. The molecule has 0 bridgehead atoms. The molecule has 2 heterocycles. The molecule has 1 aliphatic heterocycles. The summed E-state index contributed by atoms with van der Waals surface area (Å²) in [6.45, 7) is 1.99. The van der Waals surface area contributed by atoms with Crippen molar-refractivity contribution in [1.29, 1.82) is 0 Å². The van der Waals surface area contributed by atoms with Gasteiger partial charge >= 0.3 is 5.97 Å². The summed E-state index contributed by atoms with van der Waals surface area (Å²) < 4.78 is 8.23. The van der Waals surface area contributed by atoms with Gasteiger partial charge in [-0.25, -0.2) is 0 Å². The molecule has 0 aliphatic carbocycles. The number of fused-ring (bicyclic) bond motifs is 1. The fraction of sp³-hybridized carbons (Fsp3) is 0.308. The monoisotopic (exact) mass is 309 g/mol. The summed E-state index contributed by atoms with van der Waals surface area (Å²) in [5, 5.41) is 9.99. The highest BCUT2D eigenvalue weighted by Crippen LogP contribution is 2.42. The number of benzene rings is 1. The third kappa shape index (κ3) is 1.93. The number of rotatable bonds is 3. The van der Waals surface area contributed by atoms with Crippen LogP contribution in [0.3, 0.4) is 0 Å². The van der Waals surface area contributed by atoms with E-state index < -0.39 is 5.97 Å². The lowest BCUT2D eigenvalue weighted by Gasteiger charge is -2.00. The van der Waals surface area contributed by atoms with Crippen molar-refractivity contribution in [3.8, 4) is 0 Å². The topological polar surface area (TPSA) is 54.8 Å². The molecule has 2 aromatic rings. The summed E-state index contributed by atoms with van der Waals surface area (Å²) in [7, 11) is 0. The van der Waals surface area contributed by atoms with Crippen molar-refractivity contribution in [1.82, 2.24) is 4.57 Å². The molecule has 3 rings (SSSR count). The number of carboxylic acids is 1. The first-order valence-corrected chi connectivity index (χ1v) is 6.51. The number of carboxylic acid groups (broad SMARTS) is 1. The van der Waals surface area contributed by atoms with Gasteiger partial charge in [0, 0.05) is 27.1 Å². The van der Waals surface area contributed by atoms with Gasteiger partial charge in [-0.2, -0.15) is 0 Å². The van der Waals surface area contributed by atoms with E-state index in [1.807, 2.05) is 31.3 Å². The normalized spacial score (nSPS) is 22.3. The smallest absolute Gasteiger partial charge is 0.323 e. The van der Waals surface area contributed by atoms with Gasteiger partial charge in [-0.1, -0.05) is 15.9 Å². The molecule has 1 aromatic carbocycles. The van der Waals surface area contributed by atoms with E-state index in [4.69, 9.17) is 9.84 Å². The molecular formula is C13H12BrNO3. The number of nitrogens with zero attached hydrogens (tertiary/aromatic N) is 1. The molecule has 1 saturated heterocycles. The lowest BCUT2D eigenvalue weighted by molar-refractivity contribution is -0.137. The van der Waals surface area contributed by atoms with Gasteiger partial charge in [0.05, 0.1) is 6.10 Å². The quantitative estimate of drug-likeness (QED) is 0.887. The van der Waals surface area contributed by atoms with Gasteiger partial charge in [0.2, 0.25) is 0 Å². The fourth-order valence-electron chi connectivity index (χ4n) is 2.31. The molecule has 18 heavy (non-hydrogen) atoms. The van der Waals surface area contributed by atoms with Crippen LogP contribution in [0.2, 0.25) is 0 Å². The molecule has 0 spiro atoms. The number of ether oxygens (including phenoxy) is 1. The van der Waals surface area contributed by atoms with E-state index in [0.29, 0.717) is 0 Å². The first kappa shape index (κ1) is 11.7. The number of aliphatic carboxylic acids is 1. The Bertz CT molecular complexity index is 634. The third-order valence-electron chi connectivity index (χ3n) is 3.20. The van der Waals surface area contributed by atoms with Crippen LogP contribution in [-0.4, -0.2) is 21.7 Å². The standard InChI is InChI=1S/C13H12BrNO3/c1-7-13(18-7)10-5-15(6-12(16)17)11-3-2-8(14)4-9(10)11/h2-5,7,13H,6H2,1H3,(H,16,17). The first-order chi connectivity index (χ1) is 8.56. The number of halogens is 1. The maximum absolute atomic E-state index is 10.9. The summed E-state index contributed by atoms with van der Waals surface area (Å²) in [6.07, 6.45) is 2.20. The lowest BCUT2D eigenvalue weighted by Crippen LogP contribution is -2.07. The van der Waals surface area contributed by atoms with Crippen molar-refractivity contribution < 1.29 is 14.6 Å². The van der Waals surface area contributed by atoms with Crippen LogP contribution >= 0.6 is 15.9 Å². The highest BCUT2D eigenvalue weighted by Gasteiger charge is 2.38. The molecule has 2 atom stereocenters. The molecule has 4 nitrogen and oxygen atoms in total. The summed E-state index contributed by atoms with van der Waals surface area (Å²) in [4.78, 5) is 10.9. The maximum atomic E-state index is 10.9. The molecule has 0 saturated carbocycles. The van der Waals surface area contributed by atoms with E-state index in [1.54, 1.807) is 4.57 Å². The van der Waals surface area contributed by atoms with Crippen LogP contribution in [0.25, 0.3) is 10.9 Å². The van der Waals surface area contributed by atoms with Crippen LogP contribution in [0, 0.1) is 0 Å². The van der Waals surface area contributed by atoms with Crippen LogP contribution in [-0.2, 0) is 16.1 Å². The third-order valence-corrected chi connectivity index (χ3v) is 3.69. The molecule has 2 unspecified atom stereocenters. The van der Waals surface area contributed by atoms with Crippen LogP contribution < -0.4 is 0 Å². The van der Waals surface area contributed by atoms with Gasteiger partial charge in [-0.05, 0) is 25.1 Å². The average Bonchev–Trinajstić information content (AvgIpc) is 2.91. The van der Waals surface area contributed by atoms with Gasteiger partial charge in [-0.15, -0.1) is 0 Å².